The second kappa shape index (κ2) is 6.70. The molecule has 2 aromatic carbocycles. The molecule has 1 unspecified atom stereocenters. The van der Waals surface area contributed by atoms with Gasteiger partial charge in [-0.25, -0.2) is 0 Å². The average molecular weight is 325 g/mol. The van der Waals surface area contributed by atoms with Crippen LogP contribution in [0.3, 0.4) is 0 Å². The van der Waals surface area contributed by atoms with Crippen LogP contribution in [0.25, 0.3) is 0 Å². The Kier molecular flexibility index (Phi) is 5.47. The van der Waals surface area contributed by atoms with Crippen molar-refractivity contribution in [2.75, 3.05) is 11.1 Å². The Labute approximate surface area is 136 Å². The highest BCUT2D eigenvalue weighted by molar-refractivity contribution is 5.96. The molecule has 3 rings (SSSR count). The number of halogens is 2. The van der Waals surface area contributed by atoms with Gasteiger partial charge in [-0.2, -0.15) is 0 Å². The first-order valence-electron chi connectivity index (χ1n) is 6.23. The maximum Gasteiger partial charge on any atom is 0.122 e. The first-order chi connectivity index (χ1) is 9.13. The molecule has 0 bridgehead atoms. The molecule has 6 N–H and O–H groups in total. The third kappa shape index (κ3) is 3.40. The van der Waals surface area contributed by atoms with E-state index in [1.807, 2.05) is 42.5 Å². The quantitative estimate of drug-likeness (QED) is 0.389. The maximum atomic E-state index is 7.47. The Morgan fingerprint density at radius 3 is 2.38 bits per heavy atom. The number of nitrogen functional groups attached to an aromatic ring is 2. The molecule has 1 heterocycles. The van der Waals surface area contributed by atoms with Crippen LogP contribution in [0.1, 0.15) is 22.7 Å². The number of benzene rings is 2. The predicted octanol–water partition coefficient (Wildman–Crippen LogP) is 3.11. The third-order valence-electron chi connectivity index (χ3n) is 3.51. The molecule has 0 saturated heterocycles. The molecule has 112 valence electrons. The van der Waals surface area contributed by atoms with Crippen molar-refractivity contribution >= 4 is 42.0 Å². The summed E-state index contributed by atoms with van der Waals surface area (Å²) in [4.78, 5) is 0. The fraction of sp³-hybridized carbons (Fsp3) is 0.133. The van der Waals surface area contributed by atoms with E-state index in [9.17, 15) is 0 Å². The number of rotatable bonds is 2. The normalized spacial score (nSPS) is 15.1. The van der Waals surface area contributed by atoms with Gasteiger partial charge in [0.15, 0.2) is 0 Å². The van der Waals surface area contributed by atoms with E-state index in [4.69, 9.17) is 16.9 Å². The maximum absolute atomic E-state index is 7.47. The molecule has 0 aliphatic carbocycles. The van der Waals surface area contributed by atoms with E-state index in [0.717, 1.165) is 23.4 Å². The Bertz CT molecular complexity index is 641. The van der Waals surface area contributed by atoms with Gasteiger partial charge in [-0.3, -0.25) is 5.41 Å². The first-order valence-corrected chi connectivity index (χ1v) is 6.23. The molecular formula is C15H18Cl2N4. The van der Waals surface area contributed by atoms with Crippen LogP contribution in [0.2, 0.25) is 0 Å². The molecule has 1 aliphatic heterocycles. The number of fused-ring (bicyclic) bond motifs is 1. The lowest BCUT2D eigenvalue weighted by molar-refractivity contribution is 0.824. The zero-order valence-corrected chi connectivity index (χ0v) is 12.9. The van der Waals surface area contributed by atoms with Gasteiger partial charge in [0.25, 0.3) is 0 Å². The van der Waals surface area contributed by atoms with E-state index >= 15 is 0 Å². The Morgan fingerprint density at radius 2 is 1.76 bits per heavy atom. The summed E-state index contributed by atoms with van der Waals surface area (Å²) in [7, 11) is 0. The Hall–Kier alpha value is -1.91. The van der Waals surface area contributed by atoms with Crippen molar-refractivity contribution in [1.82, 2.24) is 0 Å². The third-order valence-corrected chi connectivity index (χ3v) is 3.51. The van der Waals surface area contributed by atoms with Crippen molar-refractivity contribution in [3.63, 3.8) is 0 Å². The van der Waals surface area contributed by atoms with Crippen molar-refractivity contribution in [2.24, 2.45) is 5.73 Å². The van der Waals surface area contributed by atoms with Gasteiger partial charge in [0.05, 0.1) is 6.04 Å². The second-order valence-electron chi connectivity index (χ2n) is 4.85. The SMILES string of the molecule is Cl.Cl.N=C(N)c1ccc2c(c1)NC(c1ccc(N)cc1)C2. The molecule has 4 nitrogen and oxygen atoms in total. The number of nitrogens with one attached hydrogen (secondary N) is 2. The molecule has 0 saturated carbocycles. The average Bonchev–Trinajstić information content (AvgIpc) is 2.82. The van der Waals surface area contributed by atoms with E-state index in [1.165, 1.54) is 11.1 Å². The predicted molar refractivity (Wildman–Crippen MR) is 92.9 cm³/mol. The minimum atomic E-state index is 0. The van der Waals surface area contributed by atoms with E-state index < -0.39 is 0 Å². The fourth-order valence-electron chi connectivity index (χ4n) is 2.44. The van der Waals surface area contributed by atoms with Crippen molar-refractivity contribution in [1.29, 1.82) is 5.41 Å². The molecule has 21 heavy (non-hydrogen) atoms. The van der Waals surface area contributed by atoms with E-state index in [1.54, 1.807) is 0 Å². The van der Waals surface area contributed by atoms with E-state index in [0.29, 0.717) is 0 Å². The number of anilines is 2. The molecule has 0 radical (unpaired) electrons. The summed E-state index contributed by atoms with van der Waals surface area (Å²) in [6.45, 7) is 0. The van der Waals surface area contributed by atoms with Crippen LogP contribution >= 0.6 is 24.8 Å². The van der Waals surface area contributed by atoms with Gasteiger partial charge in [0.2, 0.25) is 0 Å². The smallest absolute Gasteiger partial charge is 0.122 e. The molecule has 0 aromatic heterocycles. The second-order valence-corrected chi connectivity index (χ2v) is 4.85. The van der Waals surface area contributed by atoms with Crippen molar-refractivity contribution < 1.29 is 0 Å². The fourth-order valence-corrected chi connectivity index (χ4v) is 2.44. The van der Waals surface area contributed by atoms with Gasteiger partial charge in [0.1, 0.15) is 5.84 Å². The summed E-state index contributed by atoms with van der Waals surface area (Å²) in [6, 6.07) is 14.1. The van der Waals surface area contributed by atoms with Crippen LogP contribution < -0.4 is 16.8 Å². The lowest BCUT2D eigenvalue weighted by atomic mass is 10.0. The lowest BCUT2D eigenvalue weighted by Gasteiger charge is -2.11. The molecule has 6 heteroatoms. The van der Waals surface area contributed by atoms with E-state index in [2.05, 4.69) is 5.32 Å². The Balaban J connectivity index is 0.00000110. The van der Waals surface area contributed by atoms with Gasteiger partial charge in [-0.05, 0) is 35.7 Å². The van der Waals surface area contributed by atoms with Crippen LogP contribution in [0.15, 0.2) is 42.5 Å². The minimum Gasteiger partial charge on any atom is -0.399 e. The summed E-state index contributed by atoms with van der Waals surface area (Å²) in [6.07, 6.45) is 0.942. The topological polar surface area (TPSA) is 87.9 Å². The zero-order chi connectivity index (χ0) is 13.4. The van der Waals surface area contributed by atoms with Gasteiger partial charge < -0.3 is 16.8 Å². The summed E-state index contributed by atoms with van der Waals surface area (Å²) < 4.78 is 0. The van der Waals surface area contributed by atoms with Crippen molar-refractivity contribution in [3.8, 4) is 0 Å². The first kappa shape index (κ1) is 17.1. The molecule has 0 fully saturated rings. The monoisotopic (exact) mass is 324 g/mol. The number of hydrogen-bond donors (Lipinski definition) is 4. The van der Waals surface area contributed by atoms with Gasteiger partial charge in [-0.15, -0.1) is 24.8 Å². The molecule has 1 aliphatic rings. The van der Waals surface area contributed by atoms with Crippen LogP contribution in [-0.2, 0) is 6.42 Å². The molecule has 0 amide bonds. The largest absolute Gasteiger partial charge is 0.399 e. The van der Waals surface area contributed by atoms with E-state index in [-0.39, 0.29) is 36.7 Å². The zero-order valence-electron chi connectivity index (χ0n) is 11.3. The lowest BCUT2D eigenvalue weighted by Crippen LogP contribution is -2.11. The van der Waals surface area contributed by atoms with Crippen LogP contribution in [0, 0.1) is 5.41 Å². The Morgan fingerprint density at radius 1 is 1.10 bits per heavy atom. The van der Waals surface area contributed by atoms with Crippen molar-refractivity contribution in [2.45, 2.75) is 12.5 Å². The highest BCUT2D eigenvalue weighted by atomic mass is 35.5. The van der Waals surface area contributed by atoms with Gasteiger partial charge in [0, 0.05) is 16.9 Å². The standard InChI is InChI=1S/C15H16N4.2ClH/c16-12-5-3-9(4-6-12)13-7-10-1-2-11(15(17)18)8-14(10)19-13;;/h1-6,8,13,19H,7,16H2,(H3,17,18);2*1H. The highest BCUT2D eigenvalue weighted by Crippen LogP contribution is 2.34. The minimum absolute atomic E-state index is 0. The summed E-state index contributed by atoms with van der Waals surface area (Å²) in [5.41, 5.74) is 16.3. The van der Waals surface area contributed by atoms with Gasteiger partial charge in [-0.1, -0.05) is 24.3 Å². The summed E-state index contributed by atoms with van der Waals surface area (Å²) >= 11 is 0. The highest BCUT2D eigenvalue weighted by Gasteiger charge is 2.22. The molecule has 2 aromatic rings. The van der Waals surface area contributed by atoms with Gasteiger partial charge >= 0.3 is 0 Å². The van der Waals surface area contributed by atoms with Crippen LogP contribution in [-0.4, -0.2) is 5.84 Å². The number of amidine groups is 1. The van der Waals surface area contributed by atoms with Crippen LogP contribution in [0.5, 0.6) is 0 Å². The summed E-state index contributed by atoms with van der Waals surface area (Å²) in [5.74, 6) is 0.0977. The molecule has 1 atom stereocenters. The molecular weight excluding hydrogens is 307 g/mol. The number of hydrogen-bond acceptors (Lipinski definition) is 3. The van der Waals surface area contributed by atoms with Crippen molar-refractivity contribution in [3.05, 3.63) is 59.2 Å². The number of nitrogens with two attached hydrogens (primary N) is 2. The van der Waals surface area contributed by atoms with Crippen LogP contribution in [0.4, 0.5) is 11.4 Å². The summed E-state index contributed by atoms with van der Waals surface area (Å²) in [5, 5.41) is 10.9. The molecule has 0 spiro atoms.